The van der Waals surface area contributed by atoms with Crippen molar-refractivity contribution < 1.29 is 9.53 Å². The molecule has 1 unspecified atom stereocenters. The van der Waals surface area contributed by atoms with E-state index in [1.54, 1.807) is 0 Å². The first kappa shape index (κ1) is 15.7. The van der Waals surface area contributed by atoms with Gasteiger partial charge in [0.25, 0.3) is 0 Å². The Balaban J connectivity index is 2.61. The Kier molecular flexibility index (Phi) is 6.03. The summed E-state index contributed by atoms with van der Waals surface area (Å²) >= 11 is 0. The molecule has 0 fully saturated rings. The smallest absolute Gasteiger partial charge is 0.323 e. The zero-order chi connectivity index (χ0) is 14.3. The Morgan fingerprint density at radius 1 is 1.26 bits per heavy atom. The molecule has 0 bridgehead atoms. The van der Waals surface area contributed by atoms with Gasteiger partial charge >= 0.3 is 5.97 Å². The first-order valence-electron chi connectivity index (χ1n) is 6.96. The third-order valence-electron chi connectivity index (χ3n) is 3.33. The van der Waals surface area contributed by atoms with E-state index in [0.717, 1.165) is 13.0 Å². The van der Waals surface area contributed by atoms with Crippen LogP contribution in [0.15, 0.2) is 30.3 Å². The lowest BCUT2D eigenvalue weighted by molar-refractivity contribution is -0.145. The van der Waals surface area contributed by atoms with E-state index >= 15 is 0 Å². The fourth-order valence-corrected chi connectivity index (χ4v) is 2.01. The number of hydrogen-bond acceptors (Lipinski definition) is 3. The molecule has 3 heteroatoms. The third-order valence-corrected chi connectivity index (χ3v) is 3.33. The van der Waals surface area contributed by atoms with E-state index in [9.17, 15) is 4.79 Å². The molecule has 0 heterocycles. The molecule has 1 rings (SSSR count). The van der Waals surface area contributed by atoms with Gasteiger partial charge in [-0.05, 0) is 18.9 Å². The zero-order valence-corrected chi connectivity index (χ0v) is 12.4. The summed E-state index contributed by atoms with van der Waals surface area (Å²) < 4.78 is 5.06. The van der Waals surface area contributed by atoms with E-state index in [-0.39, 0.29) is 17.4 Å². The maximum atomic E-state index is 11.7. The monoisotopic (exact) mass is 263 g/mol. The summed E-state index contributed by atoms with van der Waals surface area (Å²) in [5.41, 5.74) is 1.25. The highest BCUT2D eigenvalue weighted by Crippen LogP contribution is 2.22. The number of benzene rings is 1. The van der Waals surface area contributed by atoms with Crippen LogP contribution in [0, 0.1) is 0 Å². The Morgan fingerprint density at radius 3 is 2.42 bits per heavy atom. The molecule has 0 spiro atoms. The van der Waals surface area contributed by atoms with E-state index in [0.29, 0.717) is 6.61 Å². The molecule has 1 aromatic rings. The maximum Gasteiger partial charge on any atom is 0.323 e. The summed E-state index contributed by atoms with van der Waals surface area (Å²) in [5.74, 6) is -0.158. The second kappa shape index (κ2) is 7.29. The average molecular weight is 263 g/mol. The molecule has 1 N–H and O–H groups in total. The molecule has 1 atom stereocenters. The van der Waals surface area contributed by atoms with Crippen LogP contribution in [0.4, 0.5) is 0 Å². The first-order chi connectivity index (χ1) is 9.01. The van der Waals surface area contributed by atoms with Crippen molar-refractivity contribution in [2.45, 2.75) is 45.6 Å². The predicted octanol–water partition coefficient (Wildman–Crippen LogP) is 2.90. The van der Waals surface area contributed by atoms with Gasteiger partial charge in [0.15, 0.2) is 0 Å². The highest BCUT2D eigenvalue weighted by atomic mass is 16.5. The fourth-order valence-electron chi connectivity index (χ4n) is 2.01. The van der Waals surface area contributed by atoms with Gasteiger partial charge in [-0.1, -0.05) is 51.1 Å². The van der Waals surface area contributed by atoms with Crippen molar-refractivity contribution in [3.8, 4) is 0 Å². The summed E-state index contributed by atoms with van der Waals surface area (Å²) in [5, 5.41) is 3.32. The number of esters is 1. The number of ether oxygens (including phenoxy) is 1. The minimum Gasteiger partial charge on any atom is -0.465 e. The van der Waals surface area contributed by atoms with Gasteiger partial charge in [-0.3, -0.25) is 4.79 Å². The molecule has 0 saturated heterocycles. The van der Waals surface area contributed by atoms with Crippen LogP contribution < -0.4 is 5.32 Å². The summed E-state index contributed by atoms with van der Waals surface area (Å²) in [7, 11) is 0. The van der Waals surface area contributed by atoms with Crippen LogP contribution >= 0.6 is 0 Å². The van der Waals surface area contributed by atoms with Crippen LogP contribution in [0.3, 0.4) is 0 Å². The van der Waals surface area contributed by atoms with Gasteiger partial charge in [0, 0.05) is 12.0 Å². The van der Waals surface area contributed by atoms with Crippen molar-refractivity contribution >= 4 is 5.97 Å². The zero-order valence-electron chi connectivity index (χ0n) is 12.4. The average Bonchev–Trinajstić information content (AvgIpc) is 2.40. The summed E-state index contributed by atoms with van der Waals surface area (Å²) in [4.78, 5) is 11.7. The topological polar surface area (TPSA) is 38.3 Å². The van der Waals surface area contributed by atoms with Crippen LogP contribution in [0.1, 0.15) is 39.7 Å². The Labute approximate surface area is 116 Å². The molecular formula is C16H25NO2. The lowest BCUT2D eigenvalue weighted by Crippen LogP contribution is -2.43. The molecule has 0 radical (unpaired) electrons. The normalized spacial score (nSPS) is 13.1. The van der Waals surface area contributed by atoms with Gasteiger partial charge in [0.05, 0.1) is 6.61 Å². The third kappa shape index (κ3) is 4.67. The van der Waals surface area contributed by atoms with Gasteiger partial charge in [-0.2, -0.15) is 0 Å². The number of rotatable bonds is 7. The second-order valence-electron chi connectivity index (χ2n) is 5.34. The summed E-state index contributed by atoms with van der Waals surface area (Å²) in [6, 6.07) is 10.1. The number of carbonyl (C=O) groups excluding carboxylic acids is 1. The largest absolute Gasteiger partial charge is 0.465 e. The van der Waals surface area contributed by atoms with E-state index in [2.05, 4.69) is 31.3 Å². The van der Waals surface area contributed by atoms with E-state index < -0.39 is 0 Å². The van der Waals surface area contributed by atoms with Crippen molar-refractivity contribution in [2.24, 2.45) is 0 Å². The van der Waals surface area contributed by atoms with Crippen LogP contribution in [0.5, 0.6) is 0 Å². The van der Waals surface area contributed by atoms with Crippen molar-refractivity contribution in [3.63, 3.8) is 0 Å². The van der Waals surface area contributed by atoms with Crippen LogP contribution in [0.25, 0.3) is 0 Å². The summed E-state index contributed by atoms with van der Waals surface area (Å²) in [6.07, 6.45) is 0.740. The number of hydrogen-bond donors (Lipinski definition) is 1. The Hall–Kier alpha value is -1.35. The van der Waals surface area contributed by atoms with Crippen LogP contribution in [0.2, 0.25) is 0 Å². The highest BCUT2D eigenvalue weighted by molar-refractivity contribution is 5.75. The molecule has 0 saturated carbocycles. The van der Waals surface area contributed by atoms with Crippen LogP contribution in [-0.2, 0) is 14.9 Å². The Morgan fingerprint density at radius 2 is 1.89 bits per heavy atom. The quantitative estimate of drug-likeness (QED) is 0.769. The standard InChI is InChI=1S/C16H25NO2/c1-5-14(15(18)19-6-2)17-12-16(3,4)13-10-8-7-9-11-13/h7-11,14,17H,5-6,12H2,1-4H3. The van der Waals surface area contributed by atoms with Crippen LogP contribution in [-0.4, -0.2) is 25.2 Å². The maximum absolute atomic E-state index is 11.7. The molecule has 1 aromatic carbocycles. The number of nitrogens with one attached hydrogen (secondary N) is 1. The van der Waals surface area contributed by atoms with E-state index in [1.165, 1.54) is 5.56 Å². The van der Waals surface area contributed by atoms with E-state index in [1.807, 2.05) is 32.0 Å². The van der Waals surface area contributed by atoms with Crippen molar-refractivity contribution in [2.75, 3.05) is 13.2 Å². The van der Waals surface area contributed by atoms with Gasteiger partial charge in [0.1, 0.15) is 6.04 Å². The van der Waals surface area contributed by atoms with Gasteiger partial charge in [-0.25, -0.2) is 0 Å². The minimum absolute atomic E-state index is 0.0127. The summed E-state index contributed by atoms with van der Waals surface area (Å²) in [6.45, 7) is 9.34. The lowest BCUT2D eigenvalue weighted by atomic mass is 9.84. The predicted molar refractivity (Wildman–Crippen MR) is 78.2 cm³/mol. The molecule has 106 valence electrons. The SMILES string of the molecule is CCOC(=O)C(CC)NCC(C)(C)c1ccccc1. The van der Waals surface area contributed by atoms with Crippen molar-refractivity contribution in [3.05, 3.63) is 35.9 Å². The lowest BCUT2D eigenvalue weighted by Gasteiger charge is -2.28. The molecule has 3 nitrogen and oxygen atoms in total. The number of carbonyl (C=O) groups is 1. The fraction of sp³-hybridized carbons (Fsp3) is 0.562. The van der Waals surface area contributed by atoms with Crippen molar-refractivity contribution in [1.29, 1.82) is 0 Å². The molecule has 0 aliphatic rings. The van der Waals surface area contributed by atoms with E-state index in [4.69, 9.17) is 4.74 Å². The molecular weight excluding hydrogens is 238 g/mol. The van der Waals surface area contributed by atoms with Gasteiger partial charge < -0.3 is 10.1 Å². The second-order valence-corrected chi connectivity index (χ2v) is 5.34. The Bertz CT molecular complexity index is 387. The molecule has 19 heavy (non-hydrogen) atoms. The molecule has 0 aliphatic carbocycles. The van der Waals surface area contributed by atoms with Gasteiger partial charge in [0.2, 0.25) is 0 Å². The van der Waals surface area contributed by atoms with Crippen molar-refractivity contribution in [1.82, 2.24) is 5.32 Å². The minimum atomic E-state index is -0.220. The highest BCUT2D eigenvalue weighted by Gasteiger charge is 2.24. The molecule has 0 aliphatic heterocycles. The molecule has 0 aromatic heterocycles. The molecule has 0 amide bonds. The first-order valence-corrected chi connectivity index (χ1v) is 6.96. The van der Waals surface area contributed by atoms with Gasteiger partial charge in [-0.15, -0.1) is 0 Å².